The molecule has 0 saturated heterocycles. The first-order valence-corrected chi connectivity index (χ1v) is 11.7. The number of para-hydroxylation sites is 1. The highest BCUT2D eigenvalue weighted by Gasteiger charge is 2.35. The minimum atomic E-state index is -0.345. The first-order valence-electron chi connectivity index (χ1n) is 11.7. The Kier molecular flexibility index (Phi) is 8.00. The van der Waals surface area contributed by atoms with Gasteiger partial charge in [-0.1, -0.05) is 13.0 Å². The molecule has 0 unspecified atom stereocenters. The SMILES string of the molecule is CC(C)NC(=O)Nc1cccc2c1O[C@H](CN(C)CC1CC1)[C@@H](C)CN([C@H](C)CO)C2=O. The second-order valence-electron chi connectivity index (χ2n) is 9.72. The van der Waals surface area contributed by atoms with Gasteiger partial charge in [0.25, 0.3) is 5.91 Å². The van der Waals surface area contributed by atoms with E-state index in [1.54, 1.807) is 23.1 Å². The number of hydrogen-bond acceptors (Lipinski definition) is 5. The molecule has 1 heterocycles. The molecule has 2 aliphatic rings. The molecule has 1 aromatic rings. The largest absolute Gasteiger partial charge is 0.486 e. The molecule has 8 nitrogen and oxygen atoms in total. The van der Waals surface area contributed by atoms with E-state index in [2.05, 4.69) is 29.5 Å². The Morgan fingerprint density at radius 1 is 1.28 bits per heavy atom. The van der Waals surface area contributed by atoms with E-state index in [4.69, 9.17) is 4.74 Å². The fourth-order valence-electron chi connectivity index (χ4n) is 4.10. The third-order valence-corrected chi connectivity index (χ3v) is 6.12. The predicted molar refractivity (Wildman–Crippen MR) is 125 cm³/mol. The van der Waals surface area contributed by atoms with Gasteiger partial charge >= 0.3 is 6.03 Å². The smallest absolute Gasteiger partial charge is 0.319 e. The molecule has 8 heteroatoms. The second kappa shape index (κ2) is 10.5. The van der Waals surface area contributed by atoms with Crippen LogP contribution in [0, 0.1) is 11.8 Å². The first kappa shape index (κ1) is 24.3. The van der Waals surface area contributed by atoms with Crippen LogP contribution in [0.5, 0.6) is 5.75 Å². The molecule has 178 valence electrons. The van der Waals surface area contributed by atoms with Gasteiger partial charge in [-0.25, -0.2) is 4.79 Å². The maximum atomic E-state index is 13.4. The highest BCUT2D eigenvalue weighted by atomic mass is 16.5. The lowest BCUT2D eigenvalue weighted by Gasteiger charge is -2.38. The number of nitrogens with zero attached hydrogens (tertiary/aromatic N) is 2. The van der Waals surface area contributed by atoms with E-state index in [0.29, 0.717) is 23.5 Å². The van der Waals surface area contributed by atoms with Crippen LogP contribution in [-0.2, 0) is 0 Å². The summed E-state index contributed by atoms with van der Waals surface area (Å²) in [6, 6.07) is 4.54. The van der Waals surface area contributed by atoms with Crippen LogP contribution in [0.4, 0.5) is 10.5 Å². The lowest BCUT2D eigenvalue weighted by molar-refractivity contribution is 0.0346. The maximum Gasteiger partial charge on any atom is 0.319 e. The van der Waals surface area contributed by atoms with E-state index in [-0.39, 0.29) is 42.7 Å². The molecule has 0 spiro atoms. The monoisotopic (exact) mass is 446 g/mol. The molecule has 32 heavy (non-hydrogen) atoms. The van der Waals surface area contributed by atoms with Gasteiger partial charge in [0.15, 0.2) is 5.75 Å². The Morgan fingerprint density at radius 3 is 2.62 bits per heavy atom. The Hall–Kier alpha value is -2.32. The molecular formula is C24H38N4O4. The summed E-state index contributed by atoms with van der Waals surface area (Å²) in [7, 11) is 2.10. The van der Waals surface area contributed by atoms with Crippen molar-refractivity contribution in [2.24, 2.45) is 11.8 Å². The number of carbonyl (C=O) groups excluding carboxylic acids is 2. The number of benzene rings is 1. The normalized spacial score (nSPS) is 22.1. The van der Waals surface area contributed by atoms with E-state index >= 15 is 0 Å². The second-order valence-corrected chi connectivity index (χ2v) is 9.72. The summed E-state index contributed by atoms with van der Waals surface area (Å²) in [4.78, 5) is 29.8. The minimum absolute atomic E-state index is 0.0205. The van der Waals surface area contributed by atoms with Crippen LogP contribution in [-0.4, -0.2) is 78.3 Å². The van der Waals surface area contributed by atoms with Gasteiger partial charge in [-0.05, 0) is 58.7 Å². The van der Waals surface area contributed by atoms with E-state index in [1.807, 2.05) is 20.8 Å². The average Bonchev–Trinajstić information content (AvgIpc) is 3.53. The van der Waals surface area contributed by atoms with Crippen molar-refractivity contribution >= 4 is 17.6 Å². The molecule has 3 amide bonds. The molecule has 0 bridgehead atoms. The summed E-state index contributed by atoms with van der Waals surface area (Å²) in [5.41, 5.74) is 0.865. The minimum Gasteiger partial charge on any atom is -0.486 e. The summed E-state index contributed by atoms with van der Waals surface area (Å²) < 4.78 is 6.50. The van der Waals surface area contributed by atoms with Crippen molar-refractivity contribution in [3.63, 3.8) is 0 Å². The van der Waals surface area contributed by atoms with Gasteiger partial charge in [0.05, 0.1) is 23.9 Å². The Balaban J connectivity index is 1.94. The summed E-state index contributed by atoms with van der Waals surface area (Å²) in [5, 5.41) is 15.4. The van der Waals surface area contributed by atoms with Gasteiger partial charge in [0, 0.05) is 31.6 Å². The molecule has 1 aromatic carbocycles. The van der Waals surface area contributed by atoms with Crippen molar-refractivity contribution in [3.8, 4) is 5.75 Å². The van der Waals surface area contributed by atoms with Crippen LogP contribution in [0.25, 0.3) is 0 Å². The van der Waals surface area contributed by atoms with Gasteiger partial charge in [0.1, 0.15) is 6.10 Å². The number of anilines is 1. The lowest BCUT2D eigenvalue weighted by Crippen LogP contribution is -2.50. The Labute approximate surface area is 191 Å². The molecule has 1 fully saturated rings. The fourth-order valence-corrected chi connectivity index (χ4v) is 4.10. The predicted octanol–water partition coefficient (Wildman–Crippen LogP) is 2.78. The van der Waals surface area contributed by atoms with Crippen molar-refractivity contribution in [1.29, 1.82) is 0 Å². The number of nitrogens with one attached hydrogen (secondary N) is 2. The number of likely N-dealkylation sites (N-methyl/N-ethyl adjacent to an activating group) is 1. The Morgan fingerprint density at radius 2 is 2.00 bits per heavy atom. The van der Waals surface area contributed by atoms with Crippen molar-refractivity contribution < 1.29 is 19.4 Å². The highest BCUT2D eigenvalue weighted by molar-refractivity contribution is 6.01. The number of hydrogen-bond donors (Lipinski definition) is 3. The summed E-state index contributed by atoms with van der Waals surface area (Å²) in [5.74, 6) is 0.995. The average molecular weight is 447 g/mol. The molecule has 1 saturated carbocycles. The number of amides is 3. The summed E-state index contributed by atoms with van der Waals surface area (Å²) in [6.07, 6.45) is 2.39. The van der Waals surface area contributed by atoms with Gasteiger partial charge in [-0.2, -0.15) is 0 Å². The van der Waals surface area contributed by atoms with Crippen molar-refractivity contribution in [1.82, 2.24) is 15.1 Å². The zero-order chi connectivity index (χ0) is 23.4. The highest BCUT2D eigenvalue weighted by Crippen LogP contribution is 2.35. The first-order chi connectivity index (χ1) is 15.2. The third kappa shape index (κ3) is 6.13. The molecular weight excluding hydrogens is 408 g/mol. The van der Waals surface area contributed by atoms with E-state index < -0.39 is 0 Å². The van der Waals surface area contributed by atoms with E-state index in [1.165, 1.54) is 12.8 Å². The van der Waals surface area contributed by atoms with Crippen LogP contribution >= 0.6 is 0 Å². The lowest BCUT2D eigenvalue weighted by atomic mass is 9.99. The van der Waals surface area contributed by atoms with Crippen LogP contribution in [0.1, 0.15) is 50.9 Å². The van der Waals surface area contributed by atoms with Crippen LogP contribution in [0.3, 0.4) is 0 Å². The third-order valence-electron chi connectivity index (χ3n) is 6.12. The zero-order valence-electron chi connectivity index (χ0n) is 19.9. The zero-order valence-corrected chi connectivity index (χ0v) is 19.9. The Bertz CT molecular complexity index is 811. The number of aliphatic hydroxyl groups excluding tert-OH is 1. The molecule has 1 aliphatic heterocycles. The van der Waals surface area contributed by atoms with Gasteiger partial charge in [-0.3, -0.25) is 4.79 Å². The number of fused-ring (bicyclic) bond motifs is 1. The fraction of sp³-hybridized carbons (Fsp3) is 0.667. The molecule has 3 rings (SSSR count). The van der Waals surface area contributed by atoms with Crippen LogP contribution in [0.2, 0.25) is 0 Å². The number of aliphatic hydroxyl groups is 1. The number of ether oxygens (including phenoxy) is 1. The number of urea groups is 1. The van der Waals surface area contributed by atoms with Gasteiger partial charge in [0.2, 0.25) is 0 Å². The number of carbonyl (C=O) groups is 2. The van der Waals surface area contributed by atoms with E-state index in [0.717, 1.165) is 19.0 Å². The van der Waals surface area contributed by atoms with Gasteiger partial charge < -0.3 is 30.3 Å². The molecule has 3 N–H and O–H groups in total. The topological polar surface area (TPSA) is 94.1 Å². The summed E-state index contributed by atoms with van der Waals surface area (Å²) >= 11 is 0. The van der Waals surface area contributed by atoms with Crippen molar-refractivity contribution in [2.45, 2.75) is 58.7 Å². The van der Waals surface area contributed by atoms with Crippen molar-refractivity contribution in [2.75, 3.05) is 38.6 Å². The molecule has 0 aromatic heterocycles. The standard InChI is InChI=1S/C24H38N4O4/c1-15(2)25-24(31)26-20-8-6-7-19-22(20)32-21(13-27(5)12-18-9-10-18)16(3)11-28(23(19)30)17(4)14-29/h6-8,15-18,21,29H,9-14H2,1-5H3,(H2,25,26,31)/t16-,17+,21+/m0/s1. The quantitative estimate of drug-likeness (QED) is 0.571. The van der Waals surface area contributed by atoms with E-state index in [9.17, 15) is 14.7 Å². The summed E-state index contributed by atoms with van der Waals surface area (Å²) in [6.45, 7) is 9.83. The molecule has 0 radical (unpaired) electrons. The maximum absolute atomic E-state index is 13.4. The van der Waals surface area contributed by atoms with Crippen molar-refractivity contribution in [3.05, 3.63) is 23.8 Å². The van der Waals surface area contributed by atoms with Gasteiger partial charge in [-0.15, -0.1) is 0 Å². The molecule has 3 atom stereocenters. The van der Waals surface area contributed by atoms with Crippen LogP contribution < -0.4 is 15.4 Å². The van der Waals surface area contributed by atoms with Crippen LogP contribution in [0.15, 0.2) is 18.2 Å². The number of rotatable bonds is 8. The molecule has 1 aliphatic carbocycles.